The predicted molar refractivity (Wildman–Crippen MR) is 73.3 cm³/mol. The molecule has 18 heavy (non-hydrogen) atoms. The first-order chi connectivity index (χ1) is 8.39. The monoisotopic (exact) mass is 239 g/mol. The highest BCUT2D eigenvalue weighted by Gasteiger charge is 2.61. The van der Waals surface area contributed by atoms with Gasteiger partial charge in [-0.15, -0.1) is 0 Å². The van der Waals surface area contributed by atoms with Gasteiger partial charge in [0.1, 0.15) is 0 Å². The van der Waals surface area contributed by atoms with Gasteiger partial charge in [-0.3, -0.25) is 0 Å². The highest BCUT2D eigenvalue weighted by Crippen LogP contribution is 2.68. The number of nitriles is 1. The van der Waals surface area contributed by atoms with Gasteiger partial charge in [0.15, 0.2) is 0 Å². The van der Waals surface area contributed by atoms with Crippen LogP contribution in [0.5, 0.6) is 0 Å². The molecule has 0 heterocycles. The maximum atomic E-state index is 9.53. The summed E-state index contributed by atoms with van der Waals surface area (Å²) in [6.07, 6.45) is 4.86. The lowest BCUT2D eigenvalue weighted by atomic mass is 9.57. The zero-order valence-corrected chi connectivity index (χ0v) is 11.6. The molecule has 0 unspecified atom stereocenters. The molecule has 0 atom stereocenters. The number of hydrogen-bond acceptors (Lipinski definition) is 1. The molecule has 0 aliphatic heterocycles. The summed E-state index contributed by atoms with van der Waals surface area (Å²) in [6, 6.07) is 11.3. The van der Waals surface area contributed by atoms with Crippen molar-refractivity contribution < 1.29 is 0 Å². The minimum Gasteiger partial charge on any atom is -0.197 e. The van der Waals surface area contributed by atoms with Crippen LogP contribution in [0.25, 0.3) is 0 Å². The van der Waals surface area contributed by atoms with Crippen molar-refractivity contribution in [1.82, 2.24) is 0 Å². The van der Waals surface area contributed by atoms with E-state index in [9.17, 15) is 5.26 Å². The third-order valence-corrected chi connectivity index (χ3v) is 4.83. The SMILES string of the molecule is CC(C)(C)c1ccc(C2(C#N)CC3(CC3)C2)cc1. The molecular formula is C17H21N. The molecule has 3 rings (SSSR count). The third kappa shape index (κ3) is 1.67. The van der Waals surface area contributed by atoms with Crippen LogP contribution in [0.1, 0.15) is 57.6 Å². The molecule has 1 aromatic carbocycles. The van der Waals surface area contributed by atoms with Crippen LogP contribution in [-0.4, -0.2) is 0 Å². The second-order valence-corrected chi connectivity index (χ2v) is 7.37. The second kappa shape index (κ2) is 3.38. The highest BCUT2D eigenvalue weighted by molar-refractivity contribution is 5.41. The molecule has 1 nitrogen and oxygen atoms in total. The molecule has 0 radical (unpaired) electrons. The van der Waals surface area contributed by atoms with Crippen molar-refractivity contribution in [2.75, 3.05) is 0 Å². The van der Waals surface area contributed by atoms with Crippen LogP contribution in [-0.2, 0) is 10.8 Å². The minimum absolute atomic E-state index is 0.174. The molecule has 2 aliphatic carbocycles. The van der Waals surface area contributed by atoms with E-state index in [1.165, 1.54) is 24.0 Å². The van der Waals surface area contributed by atoms with Crippen LogP contribution in [0.4, 0.5) is 0 Å². The Morgan fingerprint density at radius 2 is 1.61 bits per heavy atom. The fraction of sp³-hybridized carbons (Fsp3) is 0.588. The number of rotatable bonds is 1. The average molecular weight is 239 g/mol. The van der Waals surface area contributed by atoms with Gasteiger partial charge in [0.2, 0.25) is 0 Å². The Bertz CT molecular complexity index is 498. The summed E-state index contributed by atoms with van der Waals surface area (Å²) in [4.78, 5) is 0. The van der Waals surface area contributed by atoms with Gasteiger partial charge < -0.3 is 0 Å². The van der Waals surface area contributed by atoms with E-state index in [2.05, 4.69) is 51.1 Å². The highest BCUT2D eigenvalue weighted by atomic mass is 14.6. The summed E-state index contributed by atoms with van der Waals surface area (Å²) >= 11 is 0. The van der Waals surface area contributed by atoms with Crippen LogP contribution >= 0.6 is 0 Å². The van der Waals surface area contributed by atoms with E-state index in [4.69, 9.17) is 0 Å². The smallest absolute Gasteiger partial charge is 0.0833 e. The summed E-state index contributed by atoms with van der Waals surface area (Å²) in [5.74, 6) is 0. The van der Waals surface area contributed by atoms with Crippen molar-refractivity contribution in [2.24, 2.45) is 5.41 Å². The quantitative estimate of drug-likeness (QED) is 0.716. The summed E-state index contributed by atoms with van der Waals surface area (Å²) in [7, 11) is 0. The molecule has 1 aromatic rings. The largest absolute Gasteiger partial charge is 0.197 e. The molecule has 2 saturated carbocycles. The average Bonchev–Trinajstić information content (AvgIpc) is 3.05. The van der Waals surface area contributed by atoms with E-state index in [1.807, 2.05) is 0 Å². The number of nitrogens with zero attached hydrogens (tertiary/aromatic N) is 1. The van der Waals surface area contributed by atoms with E-state index < -0.39 is 0 Å². The normalized spacial score (nSPS) is 23.2. The maximum Gasteiger partial charge on any atom is 0.0833 e. The summed E-state index contributed by atoms with van der Waals surface area (Å²) < 4.78 is 0. The number of benzene rings is 1. The van der Waals surface area contributed by atoms with Gasteiger partial charge in [-0.05, 0) is 47.6 Å². The van der Waals surface area contributed by atoms with Crippen LogP contribution in [0.3, 0.4) is 0 Å². The first-order valence-electron chi connectivity index (χ1n) is 6.92. The molecule has 0 aromatic heterocycles. The lowest BCUT2D eigenvalue weighted by Gasteiger charge is -2.44. The van der Waals surface area contributed by atoms with Gasteiger partial charge in [0, 0.05) is 0 Å². The van der Waals surface area contributed by atoms with Gasteiger partial charge in [-0.25, -0.2) is 0 Å². The van der Waals surface area contributed by atoms with Crippen LogP contribution < -0.4 is 0 Å². The first-order valence-corrected chi connectivity index (χ1v) is 6.92. The van der Waals surface area contributed by atoms with E-state index in [1.54, 1.807) is 0 Å². The van der Waals surface area contributed by atoms with Crippen molar-refractivity contribution in [3.8, 4) is 6.07 Å². The molecule has 1 spiro atoms. The molecule has 0 amide bonds. The molecule has 0 N–H and O–H groups in total. The molecule has 2 aliphatic rings. The second-order valence-electron chi connectivity index (χ2n) is 7.37. The van der Waals surface area contributed by atoms with Crippen molar-refractivity contribution >= 4 is 0 Å². The van der Waals surface area contributed by atoms with Gasteiger partial charge >= 0.3 is 0 Å². The number of hydrogen-bond donors (Lipinski definition) is 0. The Morgan fingerprint density at radius 3 is 2.00 bits per heavy atom. The zero-order chi connectivity index (χ0) is 13.0. The Balaban J connectivity index is 1.87. The summed E-state index contributed by atoms with van der Waals surface area (Å²) in [5, 5.41) is 9.53. The molecule has 1 heteroatoms. The lowest BCUT2D eigenvalue weighted by molar-refractivity contribution is 0.173. The Kier molecular flexibility index (Phi) is 2.21. The van der Waals surface area contributed by atoms with Crippen LogP contribution in [0.15, 0.2) is 24.3 Å². The van der Waals surface area contributed by atoms with Crippen LogP contribution in [0.2, 0.25) is 0 Å². The molecule has 0 saturated heterocycles. The zero-order valence-electron chi connectivity index (χ0n) is 11.6. The summed E-state index contributed by atoms with van der Waals surface area (Å²) in [5.41, 5.74) is 3.16. The fourth-order valence-corrected chi connectivity index (χ4v) is 3.40. The van der Waals surface area contributed by atoms with E-state index in [0.29, 0.717) is 5.41 Å². The van der Waals surface area contributed by atoms with Gasteiger partial charge in [0.25, 0.3) is 0 Å². The van der Waals surface area contributed by atoms with E-state index in [-0.39, 0.29) is 10.8 Å². The van der Waals surface area contributed by atoms with Crippen molar-refractivity contribution in [3.05, 3.63) is 35.4 Å². The molecule has 94 valence electrons. The first kappa shape index (κ1) is 11.8. The predicted octanol–water partition coefficient (Wildman–Crippen LogP) is 4.32. The van der Waals surface area contributed by atoms with Gasteiger partial charge in [-0.2, -0.15) is 5.26 Å². The van der Waals surface area contributed by atoms with Crippen molar-refractivity contribution in [1.29, 1.82) is 5.26 Å². The Hall–Kier alpha value is -1.29. The third-order valence-electron chi connectivity index (χ3n) is 4.83. The summed E-state index contributed by atoms with van der Waals surface area (Å²) in [6.45, 7) is 6.68. The fourth-order valence-electron chi connectivity index (χ4n) is 3.40. The van der Waals surface area contributed by atoms with E-state index >= 15 is 0 Å². The Morgan fingerprint density at radius 1 is 1.06 bits per heavy atom. The Labute approximate surface area is 110 Å². The molecular weight excluding hydrogens is 218 g/mol. The molecule has 0 bridgehead atoms. The van der Waals surface area contributed by atoms with Gasteiger partial charge in [0.05, 0.1) is 11.5 Å². The minimum atomic E-state index is -0.174. The van der Waals surface area contributed by atoms with Crippen molar-refractivity contribution in [3.63, 3.8) is 0 Å². The van der Waals surface area contributed by atoms with Crippen molar-refractivity contribution in [2.45, 2.75) is 57.3 Å². The standard InChI is InChI=1S/C17H21N/c1-15(2,3)13-4-6-14(7-5-13)17(12-18)10-16(11-17)8-9-16/h4-7H,8-11H2,1-3H3. The maximum absolute atomic E-state index is 9.53. The van der Waals surface area contributed by atoms with E-state index in [0.717, 1.165) is 12.8 Å². The van der Waals surface area contributed by atoms with Gasteiger partial charge in [-0.1, -0.05) is 45.0 Å². The molecule has 2 fully saturated rings. The topological polar surface area (TPSA) is 23.8 Å². The van der Waals surface area contributed by atoms with Crippen LogP contribution in [0, 0.1) is 16.7 Å². The lowest BCUT2D eigenvalue weighted by Crippen LogP contribution is -2.41.